The molecule has 28 heavy (non-hydrogen) atoms. The van der Waals surface area contributed by atoms with E-state index in [0.29, 0.717) is 22.6 Å². The van der Waals surface area contributed by atoms with Crippen LogP contribution in [0.3, 0.4) is 0 Å². The normalized spacial score (nSPS) is 11.5. The standard InChI is InChI=1S/C23H25NO4/c1-15(27-3)22(16(2)28-4)20(17-8-6-5-7-9-17)14-21(25)18-10-12-19(13-11-18)23(24)26/h5-13,20,22H,1-2,14H2,3-4H3,(H2,24,26). The van der Waals surface area contributed by atoms with Crippen LogP contribution < -0.4 is 5.73 Å². The van der Waals surface area contributed by atoms with Gasteiger partial charge >= 0.3 is 0 Å². The van der Waals surface area contributed by atoms with E-state index in [-0.39, 0.29) is 18.1 Å². The number of rotatable bonds is 10. The molecule has 0 spiro atoms. The summed E-state index contributed by atoms with van der Waals surface area (Å²) >= 11 is 0. The van der Waals surface area contributed by atoms with Gasteiger partial charge in [-0.1, -0.05) is 55.6 Å². The van der Waals surface area contributed by atoms with Crippen molar-refractivity contribution in [2.75, 3.05) is 14.2 Å². The summed E-state index contributed by atoms with van der Waals surface area (Å²) in [6.45, 7) is 7.95. The number of Topliss-reactive ketones (excluding diaryl/α,β-unsaturated/α-hetero) is 1. The first kappa shape index (κ1) is 21.0. The summed E-state index contributed by atoms with van der Waals surface area (Å²) in [5.74, 6) is -0.345. The summed E-state index contributed by atoms with van der Waals surface area (Å²) in [6, 6.07) is 16.0. The van der Waals surface area contributed by atoms with Gasteiger partial charge in [0.25, 0.3) is 0 Å². The summed E-state index contributed by atoms with van der Waals surface area (Å²) in [5, 5.41) is 0. The molecule has 0 aromatic heterocycles. The highest BCUT2D eigenvalue weighted by Gasteiger charge is 2.32. The fraction of sp³-hybridized carbons (Fsp3) is 0.217. The monoisotopic (exact) mass is 379 g/mol. The van der Waals surface area contributed by atoms with Crippen molar-refractivity contribution in [1.82, 2.24) is 0 Å². The minimum absolute atomic E-state index is 0.0809. The Morgan fingerprint density at radius 3 is 1.86 bits per heavy atom. The third-order valence-electron chi connectivity index (χ3n) is 4.74. The Hall–Kier alpha value is -3.34. The Bertz CT molecular complexity index is 840. The fourth-order valence-corrected chi connectivity index (χ4v) is 3.15. The van der Waals surface area contributed by atoms with Crippen molar-refractivity contribution < 1.29 is 19.1 Å². The van der Waals surface area contributed by atoms with Gasteiger partial charge in [0.2, 0.25) is 5.91 Å². The SMILES string of the molecule is C=C(OC)C(C(=C)OC)C(CC(=O)c1ccc(C(N)=O)cc1)c1ccccc1. The summed E-state index contributed by atoms with van der Waals surface area (Å²) in [4.78, 5) is 24.2. The van der Waals surface area contributed by atoms with E-state index in [1.54, 1.807) is 24.3 Å². The first-order chi connectivity index (χ1) is 13.4. The van der Waals surface area contributed by atoms with E-state index in [9.17, 15) is 9.59 Å². The largest absolute Gasteiger partial charge is 0.501 e. The van der Waals surface area contributed by atoms with Crippen LogP contribution in [-0.2, 0) is 9.47 Å². The van der Waals surface area contributed by atoms with Gasteiger partial charge in [-0.05, 0) is 17.7 Å². The van der Waals surface area contributed by atoms with Crippen molar-refractivity contribution in [3.63, 3.8) is 0 Å². The molecule has 1 unspecified atom stereocenters. The lowest BCUT2D eigenvalue weighted by Crippen LogP contribution is -2.22. The molecule has 0 heterocycles. The highest BCUT2D eigenvalue weighted by molar-refractivity contribution is 5.98. The number of hydrogen-bond donors (Lipinski definition) is 1. The zero-order valence-corrected chi connectivity index (χ0v) is 16.2. The number of ketones is 1. The van der Waals surface area contributed by atoms with Crippen LogP contribution in [0.4, 0.5) is 0 Å². The number of benzene rings is 2. The predicted molar refractivity (Wildman–Crippen MR) is 109 cm³/mol. The van der Waals surface area contributed by atoms with Crippen molar-refractivity contribution in [3.05, 3.63) is 96.0 Å². The average Bonchev–Trinajstić information content (AvgIpc) is 2.73. The van der Waals surface area contributed by atoms with Gasteiger partial charge < -0.3 is 15.2 Å². The smallest absolute Gasteiger partial charge is 0.248 e. The number of ether oxygens (including phenoxy) is 2. The molecule has 146 valence electrons. The zero-order chi connectivity index (χ0) is 20.7. The highest BCUT2D eigenvalue weighted by atomic mass is 16.5. The Kier molecular flexibility index (Phi) is 7.15. The molecule has 1 amide bonds. The van der Waals surface area contributed by atoms with Crippen LogP contribution in [0.1, 0.15) is 38.6 Å². The van der Waals surface area contributed by atoms with E-state index in [2.05, 4.69) is 13.2 Å². The molecule has 0 aliphatic carbocycles. The van der Waals surface area contributed by atoms with E-state index in [1.807, 2.05) is 30.3 Å². The van der Waals surface area contributed by atoms with E-state index in [4.69, 9.17) is 15.2 Å². The molecular formula is C23H25NO4. The Labute approximate surface area is 165 Å². The Morgan fingerprint density at radius 2 is 1.39 bits per heavy atom. The van der Waals surface area contributed by atoms with E-state index in [0.717, 1.165) is 5.56 Å². The van der Waals surface area contributed by atoms with Crippen LogP contribution in [-0.4, -0.2) is 25.9 Å². The molecule has 5 nitrogen and oxygen atoms in total. The molecule has 5 heteroatoms. The quantitative estimate of drug-likeness (QED) is 0.498. The molecule has 2 N–H and O–H groups in total. The van der Waals surface area contributed by atoms with Gasteiger partial charge in [-0.2, -0.15) is 0 Å². The molecule has 0 saturated heterocycles. The lowest BCUT2D eigenvalue weighted by Gasteiger charge is -2.29. The zero-order valence-electron chi connectivity index (χ0n) is 16.2. The minimum atomic E-state index is -0.533. The van der Waals surface area contributed by atoms with E-state index in [1.165, 1.54) is 14.2 Å². The maximum Gasteiger partial charge on any atom is 0.248 e. The number of primary amides is 1. The molecule has 0 aliphatic rings. The van der Waals surface area contributed by atoms with Crippen molar-refractivity contribution in [3.8, 4) is 0 Å². The molecule has 0 aliphatic heterocycles. The van der Waals surface area contributed by atoms with Gasteiger partial charge in [-0.3, -0.25) is 9.59 Å². The predicted octanol–water partition coefficient (Wildman–Crippen LogP) is 4.08. The molecule has 0 fully saturated rings. The van der Waals surface area contributed by atoms with Crippen molar-refractivity contribution in [1.29, 1.82) is 0 Å². The van der Waals surface area contributed by atoms with Crippen LogP contribution in [0.15, 0.2) is 79.3 Å². The summed E-state index contributed by atoms with van der Waals surface area (Å²) in [5.41, 5.74) is 7.06. The summed E-state index contributed by atoms with van der Waals surface area (Å²) < 4.78 is 10.7. The third-order valence-corrected chi connectivity index (χ3v) is 4.74. The van der Waals surface area contributed by atoms with E-state index >= 15 is 0 Å². The second-order valence-corrected chi connectivity index (χ2v) is 6.40. The van der Waals surface area contributed by atoms with Crippen molar-refractivity contribution in [2.24, 2.45) is 11.7 Å². The maximum atomic E-state index is 13.0. The first-order valence-electron chi connectivity index (χ1n) is 8.82. The van der Waals surface area contributed by atoms with Crippen LogP contribution in [0.5, 0.6) is 0 Å². The number of carbonyl (C=O) groups excluding carboxylic acids is 2. The van der Waals surface area contributed by atoms with Gasteiger partial charge in [-0.15, -0.1) is 0 Å². The molecule has 2 rings (SSSR count). The first-order valence-corrected chi connectivity index (χ1v) is 8.82. The van der Waals surface area contributed by atoms with Crippen LogP contribution >= 0.6 is 0 Å². The molecule has 0 bridgehead atoms. The molecular weight excluding hydrogens is 354 g/mol. The lowest BCUT2D eigenvalue weighted by molar-refractivity contribution is 0.0952. The molecule has 0 radical (unpaired) electrons. The second kappa shape index (κ2) is 9.55. The van der Waals surface area contributed by atoms with Gasteiger partial charge in [0.1, 0.15) is 0 Å². The maximum absolute atomic E-state index is 13.0. The van der Waals surface area contributed by atoms with Crippen molar-refractivity contribution in [2.45, 2.75) is 12.3 Å². The number of amides is 1. The molecule has 1 atom stereocenters. The number of hydrogen-bond acceptors (Lipinski definition) is 4. The van der Waals surface area contributed by atoms with Crippen LogP contribution in [0.25, 0.3) is 0 Å². The van der Waals surface area contributed by atoms with Gasteiger partial charge in [0, 0.05) is 23.5 Å². The van der Waals surface area contributed by atoms with Gasteiger partial charge in [0.15, 0.2) is 5.78 Å². The average molecular weight is 379 g/mol. The van der Waals surface area contributed by atoms with Crippen LogP contribution in [0.2, 0.25) is 0 Å². The van der Waals surface area contributed by atoms with Crippen molar-refractivity contribution >= 4 is 11.7 Å². The number of nitrogens with two attached hydrogens (primary N) is 1. The Balaban J connectivity index is 2.38. The molecule has 2 aromatic rings. The lowest BCUT2D eigenvalue weighted by atomic mass is 9.79. The summed E-state index contributed by atoms with van der Waals surface area (Å²) in [6.07, 6.45) is 0.190. The molecule has 2 aromatic carbocycles. The second-order valence-electron chi connectivity index (χ2n) is 6.40. The van der Waals surface area contributed by atoms with E-state index < -0.39 is 11.8 Å². The molecule has 0 saturated carbocycles. The highest BCUT2D eigenvalue weighted by Crippen LogP contribution is 2.38. The van der Waals surface area contributed by atoms with Crippen LogP contribution in [0, 0.1) is 5.92 Å². The summed E-state index contributed by atoms with van der Waals surface area (Å²) in [7, 11) is 3.06. The topological polar surface area (TPSA) is 78.6 Å². The minimum Gasteiger partial charge on any atom is -0.501 e. The Morgan fingerprint density at radius 1 is 0.893 bits per heavy atom. The van der Waals surface area contributed by atoms with Gasteiger partial charge in [0.05, 0.1) is 31.7 Å². The number of methoxy groups -OCH3 is 2. The fourth-order valence-electron chi connectivity index (χ4n) is 3.15. The van der Waals surface area contributed by atoms with Gasteiger partial charge in [-0.25, -0.2) is 0 Å². The third kappa shape index (κ3) is 4.88. The number of carbonyl (C=O) groups is 2.